The third kappa shape index (κ3) is 4.42. The Bertz CT molecular complexity index is 352. The minimum Gasteiger partial charge on any atom is -0.374 e. The minimum atomic E-state index is -0.115. The van der Waals surface area contributed by atoms with E-state index in [1.165, 1.54) is 5.69 Å². The second-order valence-electron chi connectivity index (χ2n) is 5.83. The van der Waals surface area contributed by atoms with Gasteiger partial charge in [0, 0.05) is 12.2 Å². The molecule has 0 aliphatic carbocycles. The van der Waals surface area contributed by atoms with E-state index in [0.717, 1.165) is 6.54 Å². The van der Waals surface area contributed by atoms with Gasteiger partial charge < -0.3 is 10.1 Å². The van der Waals surface area contributed by atoms with Gasteiger partial charge >= 0.3 is 0 Å². The lowest BCUT2D eigenvalue weighted by Gasteiger charge is -2.26. The lowest BCUT2D eigenvalue weighted by molar-refractivity contribution is -0.0157. The fourth-order valence-electron chi connectivity index (χ4n) is 1.86. The summed E-state index contributed by atoms with van der Waals surface area (Å²) in [6, 6.07) is 2.63. The highest BCUT2D eigenvalue weighted by atomic mass is 16.5. The summed E-state index contributed by atoms with van der Waals surface area (Å²) in [4.78, 5) is 0. The van der Waals surface area contributed by atoms with Crippen molar-refractivity contribution in [2.45, 2.75) is 59.2 Å². The lowest BCUT2D eigenvalue weighted by Crippen LogP contribution is -2.32. The van der Waals surface area contributed by atoms with Gasteiger partial charge in [-0.2, -0.15) is 5.10 Å². The van der Waals surface area contributed by atoms with E-state index in [1.54, 1.807) is 0 Å². The van der Waals surface area contributed by atoms with E-state index in [2.05, 4.69) is 62.7 Å². The molecule has 4 nitrogen and oxygen atoms in total. The van der Waals surface area contributed by atoms with Crippen LogP contribution in [0.5, 0.6) is 0 Å². The van der Waals surface area contributed by atoms with Crippen LogP contribution in [-0.4, -0.2) is 28.5 Å². The molecule has 1 atom stereocenters. The van der Waals surface area contributed by atoms with Gasteiger partial charge in [-0.25, -0.2) is 0 Å². The average Bonchev–Trinajstić information content (AvgIpc) is 2.71. The van der Waals surface area contributed by atoms with Gasteiger partial charge in [-0.15, -0.1) is 0 Å². The highest BCUT2D eigenvalue weighted by Crippen LogP contribution is 2.19. The number of ether oxygens (including phenoxy) is 1. The number of hydrogen-bond acceptors (Lipinski definition) is 3. The van der Waals surface area contributed by atoms with E-state index in [9.17, 15) is 0 Å². The largest absolute Gasteiger partial charge is 0.374 e. The minimum absolute atomic E-state index is 0.115. The van der Waals surface area contributed by atoms with Gasteiger partial charge in [-0.3, -0.25) is 4.68 Å². The van der Waals surface area contributed by atoms with Crippen LogP contribution in [0.1, 0.15) is 59.3 Å². The van der Waals surface area contributed by atoms with Crippen LogP contribution in [0.3, 0.4) is 0 Å². The van der Waals surface area contributed by atoms with Crippen molar-refractivity contribution >= 4 is 0 Å². The highest BCUT2D eigenvalue weighted by molar-refractivity contribution is 5.08. The van der Waals surface area contributed by atoms with Crippen molar-refractivity contribution in [2.24, 2.45) is 0 Å². The maximum absolute atomic E-state index is 5.90. The van der Waals surface area contributed by atoms with Crippen molar-refractivity contribution in [3.8, 4) is 0 Å². The van der Waals surface area contributed by atoms with Crippen molar-refractivity contribution in [3.63, 3.8) is 0 Å². The third-order valence-corrected chi connectivity index (χ3v) is 2.68. The summed E-state index contributed by atoms with van der Waals surface area (Å²) in [5.74, 6) is 0. The van der Waals surface area contributed by atoms with Crippen LogP contribution in [0.2, 0.25) is 0 Å². The molecule has 1 rings (SSSR count). The van der Waals surface area contributed by atoms with Gasteiger partial charge in [0.1, 0.15) is 0 Å². The standard InChI is InChI=1S/C14H27N3O/c1-7-15-12(10-18-14(4,5)6)13-8-9-16-17(13)11(2)3/h8-9,11-12,15H,7,10H2,1-6H3. The maximum Gasteiger partial charge on any atom is 0.0729 e. The Morgan fingerprint density at radius 3 is 2.56 bits per heavy atom. The number of aromatic nitrogens is 2. The first-order valence-electron chi connectivity index (χ1n) is 6.76. The predicted molar refractivity (Wildman–Crippen MR) is 74.7 cm³/mol. The smallest absolute Gasteiger partial charge is 0.0729 e. The molecule has 0 bridgehead atoms. The molecule has 4 heteroatoms. The van der Waals surface area contributed by atoms with Crippen molar-refractivity contribution in [1.29, 1.82) is 0 Å². The van der Waals surface area contributed by atoms with Gasteiger partial charge in [0.05, 0.1) is 23.9 Å². The molecule has 0 saturated heterocycles. The van der Waals surface area contributed by atoms with Crippen LogP contribution in [0, 0.1) is 0 Å². The first-order valence-corrected chi connectivity index (χ1v) is 6.76. The summed E-state index contributed by atoms with van der Waals surface area (Å²) in [6.45, 7) is 14.2. The Balaban J connectivity index is 2.80. The van der Waals surface area contributed by atoms with Crippen LogP contribution in [-0.2, 0) is 4.74 Å². The Hall–Kier alpha value is -0.870. The average molecular weight is 253 g/mol. The molecule has 18 heavy (non-hydrogen) atoms. The SMILES string of the molecule is CCNC(COC(C)(C)C)c1ccnn1C(C)C. The number of hydrogen-bond donors (Lipinski definition) is 1. The molecule has 1 aromatic rings. The quantitative estimate of drug-likeness (QED) is 0.847. The highest BCUT2D eigenvalue weighted by Gasteiger charge is 2.20. The van der Waals surface area contributed by atoms with Gasteiger partial charge in [-0.05, 0) is 47.2 Å². The molecule has 0 aromatic carbocycles. The lowest BCUT2D eigenvalue weighted by atomic mass is 10.1. The van der Waals surface area contributed by atoms with Crippen LogP contribution >= 0.6 is 0 Å². The summed E-state index contributed by atoms with van der Waals surface area (Å²) in [5, 5.41) is 7.85. The van der Waals surface area contributed by atoms with Crippen LogP contribution in [0.15, 0.2) is 12.3 Å². The molecule has 0 aliphatic rings. The van der Waals surface area contributed by atoms with E-state index in [1.807, 2.05) is 6.20 Å². The molecule has 1 aromatic heterocycles. The molecule has 0 radical (unpaired) electrons. The number of nitrogens with one attached hydrogen (secondary N) is 1. The molecule has 1 unspecified atom stereocenters. The molecule has 1 N–H and O–H groups in total. The number of rotatable bonds is 6. The second-order valence-corrected chi connectivity index (χ2v) is 5.83. The molecule has 0 aliphatic heterocycles. The van der Waals surface area contributed by atoms with Crippen molar-refractivity contribution < 1.29 is 4.74 Å². The molecule has 104 valence electrons. The van der Waals surface area contributed by atoms with Crippen LogP contribution < -0.4 is 5.32 Å². The topological polar surface area (TPSA) is 39.1 Å². The fraction of sp³-hybridized carbons (Fsp3) is 0.786. The van der Waals surface area contributed by atoms with Gasteiger partial charge in [0.15, 0.2) is 0 Å². The Morgan fingerprint density at radius 2 is 2.06 bits per heavy atom. The molecule has 1 heterocycles. The Kier molecular flexibility index (Phi) is 5.35. The first kappa shape index (κ1) is 15.2. The molecular formula is C14H27N3O. The zero-order valence-electron chi connectivity index (χ0n) is 12.5. The Labute approximate surface area is 111 Å². The molecule has 0 amide bonds. The monoisotopic (exact) mass is 253 g/mol. The van der Waals surface area contributed by atoms with Crippen molar-refractivity contribution in [1.82, 2.24) is 15.1 Å². The maximum atomic E-state index is 5.90. The molecular weight excluding hydrogens is 226 g/mol. The summed E-state index contributed by atoms with van der Waals surface area (Å²) in [7, 11) is 0. The zero-order chi connectivity index (χ0) is 13.8. The fourth-order valence-corrected chi connectivity index (χ4v) is 1.86. The van der Waals surface area contributed by atoms with Gasteiger partial charge in [-0.1, -0.05) is 6.92 Å². The van der Waals surface area contributed by atoms with E-state index in [4.69, 9.17) is 4.74 Å². The van der Waals surface area contributed by atoms with E-state index in [-0.39, 0.29) is 11.6 Å². The molecule has 0 fully saturated rings. The summed E-state index contributed by atoms with van der Waals surface area (Å²) >= 11 is 0. The number of nitrogens with zero attached hydrogens (tertiary/aromatic N) is 2. The van der Waals surface area contributed by atoms with Gasteiger partial charge in [0.25, 0.3) is 0 Å². The molecule has 0 spiro atoms. The normalized spacial score (nSPS) is 14.2. The second kappa shape index (κ2) is 6.34. The van der Waals surface area contributed by atoms with E-state index >= 15 is 0 Å². The predicted octanol–water partition coefficient (Wildman–Crippen LogP) is 2.93. The van der Waals surface area contributed by atoms with Gasteiger partial charge in [0.2, 0.25) is 0 Å². The van der Waals surface area contributed by atoms with E-state index < -0.39 is 0 Å². The Morgan fingerprint density at radius 1 is 1.39 bits per heavy atom. The molecule has 0 saturated carbocycles. The van der Waals surface area contributed by atoms with Crippen molar-refractivity contribution in [3.05, 3.63) is 18.0 Å². The summed E-state index contributed by atoms with van der Waals surface area (Å²) < 4.78 is 7.95. The van der Waals surface area contributed by atoms with E-state index in [0.29, 0.717) is 12.6 Å². The van der Waals surface area contributed by atoms with Crippen molar-refractivity contribution in [2.75, 3.05) is 13.2 Å². The third-order valence-electron chi connectivity index (χ3n) is 2.68. The van der Waals surface area contributed by atoms with Crippen LogP contribution in [0.4, 0.5) is 0 Å². The van der Waals surface area contributed by atoms with Crippen LogP contribution in [0.25, 0.3) is 0 Å². The summed E-state index contributed by atoms with van der Waals surface area (Å²) in [6.07, 6.45) is 1.86. The summed E-state index contributed by atoms with van der Waals surface area (Å²) in [5.41, 5.74) is 1.08. The first-order chi connectivity index (χ1) is 8.35. The number of likely N-dealkylation sites (N-methyl/N-ethyl adjacent to an activating group) is 1. The zero-order valence-corrected chi connectivity index (χ0v) is 12.5.